The first-order valence-electron chi connectivity index (χ1n) is 20.9. The van der Waals surface area contributed by atoms with Crippen LogP contribution in [0.15, 0.2) is 11.6 Å². The van der Waals surface area contributed by atoms with Crippen LogP contribution < -0.4 is 0 Å². The summed E-state index contributed by atoms with van der Waals surface area (Å²) in [6.45, 7) is 15.2. The lowest BCUT2D eigenvalue weighted by atomic mass is 9.33. The van der Waals surface area contributed by atoms with Crippen LogP contribution in [0.1, 0.15) is 106 Å². The molecule has 0 amide bonds. The molecule has 0 bridgehead atoms. The standard InChI is InChI=1S/C42H68O14/c1-37(2)16-21-20-8-9-24-39(4)12-11-26(40(5,19-44)23(39)10-13-42(24,7)41(20,6)15-14-38(21,3)25(45)17-37)54-36-33(30(49)29(48)32(55-36)34(51)52)56-35-31(50)28(47)27(46)22(18-43)53-35/h8,21-33,35-36,43-50H,9-19H2,1-7H3,(H,51,52)/t21?,22-,23?,24?,25-,26+,27-,28+,29+,30+,31-,32+,33-,35?,36?,38-,39+,40-,41-,42-/m1/s1. The Morgan fingerprint density at radius 2 is 1.45 bits per heavy atom. The minimum Gasteiger partial charge on any atom is -0.479 e. The van der Waals surface area contributed by atoms with Crippen molar-refractivity contribution in [2.24, 2.45) is 50.2 Å². The molecule has 9 N–H and O–H groups in total. The van der Waals surface area contributed by atoms with E-state index in [0.29, 0.717) is 18.3 Å². The zero-order valence-corrected chi connectivity index (χ0v) is 34.1. The molecule has 6 fully saturated rings. The van der Waals surface area contributed by atoms with Gasteiger partial charge in [-0.2, -0.15) is 0 Å². The fourth-order valence-corrected chi connectivity index (χ4v) is 13.7. The smallest absolute Gasteiger partial charge is 0.335 e. The molecular formula is C42H68O14. The Kier molecular flexibility index (Phi) is 11.0. The Bertz CT molecular complexity index is 1520. The summed E-state index contributed by atoms with van der Waals surface area (Å²) in [7, 11) is 0. The molecule has 0 aromatic heterocycles. The van der Waals surface area contributed by atoms with Gasteiger partial charge in [0.05, 0.1) is 25.4 Å². The van der Waals surface area contributed by atoms with Crippen molar-refractivity contribution in [3.63, 3.8) is 0 Å². The van der Waals surface area contributed by atoms with Gasteiger partial charge in [0.1, 0.15) is 42.7 Å². The Balaban J connectivity index is 1.17. The van der Waals surface area contributed by atoms with Crippen LogP contribution >= 0.6 is 0 Å². The molecule has 2 saturated heterocycles. The average Bonchev–Trinajstić information content (AvgIpc) is 3.13. The maximum atomic E-state index is 12.2. The lowest BCUT2D eigenvalue weighted by Gasteiger charge is -2.72. The quantitative estimate of drug-likeness (QED) is 0.132. The third-order valence-corrected chi connectivity index (χ3v) is 17.4. The molecule has 14 heteroatoms. The molecule has 4 saturated carbocycles. The first kappa shape index (κ1) is 42.8. The molecule has 7 rings (SSSR count). The molecule has 5 unspecified atom stereocenters. The number of ether oxygens (including phenoxy) is 4. The highest BCUT2D eigenvalue weighted by atomic mass is 16.8. The number of carbonyl (C=O) groups is 1. The summed E-state index contributed by atoms with van der Waals surface area (Å²) in [5, 5.41) is 96.0. The number of aliphatic hydroxyl groups is 8. The summed E-state index contributed by atoms with van der Waals surface area (Å²) in [5.74, 6) is -0.954. The molecule has 0 aromatic rings. The van der Waals surface area contributed by atoms with Gasteiger partial charge in [-0.3, -0.25) is 0 Å². The topological polar surface area (TPSA) is 236 Å². The van der Waals surface area contributed by atoms with Crippen LogP contribution in [0.4, 0.5) is 0 Å². The van der Waals surface area contributed by atoms with E-state index in [1.54, 1.807) is 0 Å². The number of rotatable bonds is 7. The van der Waals surface area contributed by atoms with Crippen molar-refractivity contribution in [3.8, 4) is 0 Å². The van der Waals surface area contributed by atoms with Crippen LogP contribution in [0.3, 0.4) is 0 Å². The van der Waals surface area contributed by atoms with E-state index in [9.17, 15) is 50.8 Å². The summed E-state index contributed by atoms with van der Waals surface area (Å²) in [5.41, 5.74) is 0.271. The molecule has 0 radical (unpaired) electrons. The van der Waals surface area contributed by atoms with Crippen molar-refractivity contribution < 1.29 is 69.7 Å². The van der Waals surface area contributed by atoms with E-state index in [-0.39, 0.29) is 45.7 Å². The summed E-state index contributed by atoms with van der Waals surface area (Å²) in [6, 6.07) is 0. The van der Waals surface area contributed by atoms with E-state index >= 15 is 0 Å². The molecular weight excluding hydrogens is 728 g/mol. The van der Waals surface area contributed by atoms with Crippen LogP contribution in [0.5, 0.6) is 0 Å². The number of fused-ring (bicyclic) bond motifs is 7. The summed E-state index contributed by atoms with van der Waals surface area (Å²) in [4.78, 5) is 12.2. The van der Waals surface area contributed by atoms with Crippen LogP contribution in [-0.4, -0.2) is 139 Å². The largest absolute Gasteiger partial charge is 0.479 e. The number of carboxylic acid groups (broad SMARTS) is 1. The molecule has 14 nitrogen and oxygen atoms in total. The number of aliphatic carboxylic acids is 1. The minimum absolute atomic E-state index is 0.0149. The van der Waals surface area contributed by atoms with Gasteiger partial charge in [0.15, 0.2) is 18.7 Å². The van der Waals surface area contributed by atoms with Gasteiger partial charge in [0.2, 0.25) is 0 Å². The minimum atomic E-state index is -1.97. The molecule has 56 heavy (non-hydrogen) atoms. The van der Waals surface area contributed by atoms with E-state index in [1.807, 2.05) is 6.92 Å². The second-order valence-corrected chi connectivity index (χ2v) is 20.8. The van der Waals surface area contributed by atoms with Crippen LogP contribution in [-0.2, 0) is 23.7 Å². The molecule has 7 aliphatic rings. The predicted octanol–water partition coefficient (Wildman–Crippen LogP) is 1.85. The number of hydrogen-bond acceptors (Lipinski definition) is 13. The number of carboxylic acids is 1. The van der Waals surface area contributed by atoms with E-state index in [4.69, 9.17) is 18.9 Å². The molecule has 5 aliphatic carbocycles. The Labute approximate surface area is 330 Å². The monoisotopic (exact) mass is 796 g/mol. The summed E-state index contributed by atoms with van der Waals surface area (Å²) < 4.78 is 23.8. The molecule has 20 atom stereocenters. The van der Waals surface area contributed by atoms with Crippen molar-refractivity contribution in [2.75, 3.05) is 13.2 Å². The first-order valence-corrected chi connectivity index (χ1v) is 20.9. The highest BCUT2D eigenvalue weighted by molar-refractivity contribution is 5.73. The van der Waals surface area contributed by atoms with E-state index in [0.717, 1.165) is 51.4 Å². The average molecular weight is 797 g/mol. The van der Waals surface area contributed by atoms with Crippen molar-refractivity contribution >= 4 is 5.97 Å². The third kappa shape index (κ3) is 6.21. The van der Waals surface area contributed by atoms with E-state index in [1.165, 1.54) is 5.57 Å². The lowest BCUT2D eigenvalue weighted by Crippen LogP contribution is -2.68. The highest BCUT2D eigenvalue weighted by Gasteiger charge is 2.69. The Morgan fingerprint density at radius 1 is 0.750 bits per heavy atom. The van der Waals surface area contributed by atoms with Crippen molar-refractivity contribution in [1.29, 1.82) is 0 Å². The zero-order chi connectivity index (χ0) is 41.1. The van der Waals surface area contributed by atoms with Crippen molar-refractivity contribution in [3.05, 3.63) is 11.6 Å². The van der Waals surface area contributed by atoms with Gasteiger partial charge in [-0.05, 0) is 97.2 Å². The summed E-state index contributed by atoms with van der Waals surface area (Å²) >= 11 is 0. The lowest BCUT2D eigenvalue weighted by molar-refractivity contribution is -0.375. The Hall–Kier alpha value is -1.27. The van der Waals surface area contributed by atoms with E-state index < -0.39 is 85.5 Å². The highest BCUT2D eigenvalue weighted by Crippen LogP contribution is 2.76. The van der Waals surface area contributed by atoms with Gasteiger partial charge in [-0.15, -0.1) is 0 Å². The SMILES string of the molecule is CC1(C)CC2C3=CCC4[C@@]5(C)CC[C@H](OC6O[C@H](C(=O)O)[C@@H](O)[C@H](O)[C@H]6OC6O[C@H](CO)[C@@H](O)[C@H](O)[C@H]6O)[C@](C)(CO)C5CC[C@@]4(C)[C@]3(C)CC[C@@]2(C)[C@H](O)C1. The fraction of sp³-hybridized carbons (Fsp3) is 0.929. The predicted molar refractivity (Wildman–Crippen MR) is 199 cm³/mol. The van der Waals surface area contributed by atoms with Crippen molar-refractivity contribution in [1.82, 2.24) is 0 Å². The third-order valence-electron chi connectivity index (χ3n) is 17.4. The van der Waals surface area contributed by atoms with Crippen LogP contribution in [0.2, 0.25) is 0 Å². The molecule has 0 spiro atoms. The maximum Gasteiger partial charge on any atom is 0.335 e. The van der Waals surface area contributed by atoms with Gasteiger partial charge in [-0.25, -0.2) is 4.79 Å². The van der Waals surface area contributed by atoms with Gasteiger partial charge < -0.3 is 64.9 Å². The number of allylic oxidation sites excluding steroid dienone is 2. The number of hydrogen-bond donors (Lipinski definition) is 9. The molecule has 2 aliphatic heterocycles. The summed E-state index contributed by atoms with van der Waals surface area (Å²) in [6.07, 6.45) is -8.23. The second-order valence-electron chi connectivity index (χ2n) is 20.8. The van der Waals surface area contributed by atoms with Crippen LogP contribution in [0, 0.1) is 50.2 Å². The van der Waals surface area contributed by atoms with Gasteiger partial charge in [0.25, 0.3) is 0 Å². The molecule has 320 valence electrons. The van der Waals surface area contributed by atoms with Gasteiger partial charge >= 0.3 is 5.97 Å². The first-order chi connectivity index (χ1) is 26.0. The number of aliphatic hydroxyl groups excluding tert-OH is 8. The van der Waals surface area contributed by atoms with E-state index in [2.05, 4.69) is 47.6 Å². The molecule has 2 heterocycles. The maximum absolute atomic E-state index is 12.2. The van der Waals surface area contributed by atoms with Crippen LogP contribution in [0.25, 0.3) is 0 Å². The van der Waals surface area contributed by atoms with Gasteiger partial charge in [0, 0.05) is 10.8 Å². The molecule has 0 aromatic carbocycles. The Morgan fingerprint density at radius 3 is 2.09 bits per heavy atom. The fourth-order valence-electron chi connectivity index (χ4n) is 13.7. The normalized spacial score (nSPS) is 55.5. The van der Waals surface area contributed by atoms with Crippen molar-refractivity contribution in [2.45, 2.75) is 180 Å². The zero-order valence-electron chi connectivity index (χ0n) is 34.1. The second kappa shape index (κ2) is 14.4. The van der Waals surface area contributed by atoms with Gasteiger partial charge in [-0.1, -0.05) is 60.1 Å².